The van der Waals surface area contributed by atoms with Crippen molar-refractivity contribution < 1.29 is 4.74 Å². The zero-order valence-electron chi connectivity index (χ0n) is 17.1. The Kier molecular flexibility index (Phi) is 5.50. The molecule has 0 radical (unpaired) electrons. The maximum absolute atomic E-state index is 5.79. The number of pyridine rings is 2. The van der Waals surface area contributed by atoms with Gasteiger partial charge in [-0.3, -0.25) is 0 Å². The van der Waals surface area contributed by atoms with Crippen molar-refractivity contribution in [2.75, 3.05) is 0 Å². The highest BCUT2D eigenvalue weighted by Crippen LogP contribution is 2.31. The number of hydrogen-bond acceptors (Lipinski definition) is 6. The fourth-order valence-corrected chi connectivity index (χ4v) is 3.15. The van der Waals surface area contributed by atoms with Crippen LogP contribution in [0.3, 0.4) is 0 Å². The van der Waals surface area contributed by atoms with Crippen LogP contribution in [0, 0.1) is 0 Å². The van der Waals surface area contributed by atoms with E-state index >= 15 is 0 Å². The van der Waals surface area contributed by atoms with Crippen LogP contribution in [-0.2, 0) is 5.41 Å². The van der Waals surface area contributed by atoms with E-state index in [-0.39, 0.29) is 5.41 Å². The van der Waals surface area contributed by atoms with E-state index in [1.165, 1.54) is 0 Å². The van der Waals surface area contributed by atoms with E-state index in [1.807, 2.05) is 54.6 Å². The van der Waals surface area contributed by atoms with Gasteiger partial charge in [-0.15, -0.1) is 12.6 Å². The third kappa shape index (κ3) is 4.49. The van der Waals surface area contributed by atoms with Crippen molar-refractivity contribution in [3.05, 3.63) is 78.8 Å². The first-order valence-electron chi connectivity index (χ1n) is 9.64. The molecule has 1 aromatic carbocycles. The monoisotopic (exact) mass is 414 g/mol. The van der Waals surface area contributed by atoms with Gasteiger partial charge in [0, 0.05) is 34.2 Å². The molecule has 0 fully saturated rings. The van der Waals surface area contributed by atoms with E-state index in [0.29, 0.717) is 17.5 Å². The summed E-state index contributed by atoms with van der Waals surface area (Å²) in [5.74, 6) is 1.69. The van der Waals surface area contributed by atoms with Gasteiger partial charge < -0.3 is 4.74 Å². The number of aromatic nitrogens is 4. The van der Waals surface area contributed by atoms with Crippen molar-refractivity contribution in [3.8, 4) is 34.4 Å². The van der Waals surface area contributed by atoms with Crippen molar-refractivity contribution in [2.45, 2.75) is 31.1 Å². The molecule has 0 aliphatic carbocycles. The molecule has 6 heteroatoms. The van der Waals surface area contributed by atoms with E-state index in [4.69, 9.17) is 14.7 Å². The van der Waals surface area contributed by atoms with Gasteiger partial charge in [-0.2, -0.15) is 0 Å². The van der Waals surface area contributed by atoms with Gasteiger partial charge in [0.25, 0.3) is 0 Å². The predicted molar refractivity (Wildman–Crippen MR) is 121 cm³/mol. The van der Waals surface area contributed by atoms with Crippen LogP contribution in [0.15, 0.2) is 77.8 Å². The summed E-state index contributed by atoms with van der Waals surface area (Å²) < 4.78 is 5.79. The largest absolute Gasteiger partial charge is 0.421 e. The second-order valence-electron chi connectivity index (χ2n) is 7.86. The summed E-state index contributed by atoms with van der Waals surface area (Å²) in [4.78, 5) is 19.3. The third-order valence-electron chi connectivity index (χ3n) is 4.41. The first-order valence-corrected chi connectivity index (χ1v) is 10.1. The summed E-state index contributed by atoms with van der Waals surface area (Å²) in [7, 11) is 0. The van der Waals surface area contributed by atoms with Crippen molar-refractivity contribution in [1.29, 1.82) is 0 Å². The molecule has 0 saturated carbocycles. The molecule has 0 spiro atoms. The van der Waals surface area contributed by atoms with Crippen LogP contribution in [0.4, 0.5) is 0 Å². The quantitative estimate of drug-likeness (QED) is 0.416. The topological polar surface area (TPSA) is 60.8 Å². The van der Waals surface area contributed by atoms with Crippen molar-refractivity contribution >= 4 is 12.6 Å². The Labute approximate surface area is 181 Å². The highest BCUT2D eigenvalue weighted by Gasteiger charge is 2.21. The zero-order valence-corrected chi connectivity index (χ0v) is 18.0. The lowest BCUT2D eigenvalue weighted by atomic mass is 9.95. The molecule has 0 amide bonds. The average Bonchev–Trinajstić information content (AvgIpc) is 2.74. The van der Waals surface area contributed by atoms with Gasteiger partial charge in [-0.05, 0) is 24.3 Å². The lowest BCUT2D eigenvalue weighted by Crippen LogP contribution is -2.17. The first kappa shape index (κ1) is 20.0. The maximum atomic E-state index is 5.79. The number of hydrogen-bond donors (Lipinski definition) is 1. The highest BCUT2D eigenvalue weighted by molar-refractivity contribution is 7.80. The molecule has 0 N–H and O–H groups in total. The molecule has 0 unspecified atom stereocenters. The van der Waals surface area contributed by atoms with Crippen LogP contribution in [-0.4, -0.2) is 19.9 Å². The Hall–Kier alpha value is -3.25. The van der Waals surface area contributed by atoms with Crippen LogP contribution in [0.5, 0.6) is 11.8 Å². The highest BCUT2D eigenvalue weighted by atomic mass is 32.1. The normalized spacial score (nSPS) is 11.3. The Morgan fingerprint density at radius 3 is 2.20 bits per heavy atom. The van der Waals surface area contributed by atoms with Crippen LogP contribution >= 0.6 is 12.6 Å². The van der Waals surface area contributed by atoms with Crippen molar-refractivity contribution in [1.82, 2.24) is 19.9 Å². The molecule has 5 nitrogen and oxygen atoms in total. The Balaban J connectivity index is 1.80. The Bertz CT molecular complexity index is 1170. The Morgan fingerprint density at radius 1 is 0.733 bits per heavy atom. The standard InChI is InChI=1S/C24H22N4OS/c1-24(2,3)23-27-18(16-9-4-5-11-20(16)30)15-19(28-23)17-10-8-13-22(26-17)29-21-12-6-7-14-25-21/h4-15,30H,1-3H3. The van der Waals surface area contributed by atoms with E-state index in [2.05, 4.69) is 43.4 Å². The summed E-state index contributed by atoms with van der Waals surface area (Å²) >= 11 is 4.61. The van der Waals surface area contributed by atoms with E-state index in [0.717, 1.165) is 27.7 Å². The van der Waals surface area contributed by atoms with Crippen LogP contribution in [0.25, 0.3) is 22.6 Å². The van der Waals surface area contributed by atoms with Gasteiger partial charge >= 0.3 is 0 Å². The third-order valence-corrected chi connectivity index (χ3v) is 4.80. The molecule has 0 bridgehead atoms. The summed E-state index contributed by atoms with van der Waals surface area (Å²) in [6, 6.07) is 20.9. The smallest absolute Gasteiger partial charge is 0.221 e. The molecule has 0 saturated heterocycles. The number of thiol groups is 1. The molecule has 0 aliphatic rings. The minimum atomic E-state index is -0.224. The van der Waals surface area contributed by atoms with Crippen molar-refractivity contribution in [3.63, 3.8) is 0 Å². The van der Waals surface area contributed by atoms with Crippen LogP contribution in [0.2, 0.25) is 0 Å². The van der Waals surface area contributed by atoms with Gasteiger partial charge in [0.2, 0.25) is 11.8 Å². The SMILES string of the molecule is CC(C)(C)c1nc(-c2cccc(Oc3ccccn3)n2)cc(-c2ccccc2S)n1. The first-order chi connectivity index (χ1) is 14.4. The molecule has 0 atom stereocenters. The molecule has 4 aromatic rings. The molecular weight excluding hydrogens is 392 g/mol. The van der Waals surface area contributed by atoms with Crippen LogP contribution < -0.4 is 4.74 Å². The summed E-state index contributed by atoms with van der Waals surface area (Å²) in [6.45, 7) is 6.28. The van der Waals surface area contributed by atoms with E-state index in [9.17, 15) is 0 Å². The second-order valence-corrected chi connectivity index (χ2v) is 8.34. The molecule has 3 heterocycles. The minimum absolute atomic E-state index is 0.224. The number of nitrogens with zero attached hydrogens (tertiary/aromatic N) is 4. The maximum Gasteiger partial charge on any atom is 0.221 e. The van der Waals surface area contributed by atoms with Gasteiger partial charge in [0.15, 0.2) is 0 Å². The zero-order chi connectivity index (χ0) is 21.1. The second kappa shape index (κ2) is 8.24. The molecule has 150 valence electrons. The summed E-state index contributed by atoms with van der Waals surface area (Å²) in [5, 5.41) is 0. The lowest BCUT2D eigenvalue weighted by molar-refractivity contribution is 0.445. The van der Waals surface area contributed by atoms with Gasteiger partial charge in [-0.1, -0.05) is 51.1 Å². The molecular formula is C24H22N4OS. The van der Waals surface area contributed by atoms with E-state index in [1.54, 1.807) is 18.3 Å². The van der Waals surface area contributed by atoms with Gasteiger partial charge in [0.05, 0.1) is 17.1 Å². The Morgan fingerprint density at radius 2 is 1.47 bits per heavy atom. The average molecular weight is 415 g/mol. The number of ether oxygens (including phenoxy) is 1. The lowest BCUT2D eigenvalue weighted by Gasteiger charge is -2.19. The summed E-state index contributed by atoms with van der Waals surface area (Å²) in [5.41, 5.74) is 2.98. The van der Waals surface area contributed by atoms with E-state index < -0.39 is 0 Å². The summed E-state index contributed by atoms with van der Waals surface area (Å²) in [6.07, 6.45) is 1.68. The van der Waals surface area contributed by atoms with Gasteiger partial charge in [0.1, 0.15) is 5.82 Å². The number of benzene rings is 1. The minimum Gasteiger partial charge on any atom is -0.421 e. The fraction of sp³-hybridized carbons (Fsp3) is 0.167. The molecule has 4 rings (SSSR count). The molecule has 3 aromatic heterocycles. The van der Waals surface area contributed by atoms with Crippen LogP contribution in [0.1, 0.15) is 26.6 Å². The number of rotatable bonds is 4. The fourth-order valence-electron chi connectivity index (χ4n) is 2.87. The predicted octanol–water partition coefficient (Wildman–Crippen LogP) is 5.98. The molecule has 30 heavy (non-hydrogen) atoms. The van der Waals surface area contributed by atoms with Crippen molar-refractivity contribution in [2.24, 2.45) is 0 Å². The van der Waals surface area contributed by atoms with Gasteiger partial charge in [-0.25, -0.2) is 19.9 Å². The molecule has 0 aliphatic heterocycles.